The molecule has 0 spiro atoms. The second-order valence-corrected chi connectivity index (χ2v) is 11.5. The van der Waals surface area contributed by atoms with Crippen molar-refractivity contribution in [1.29, 1.82) is 0 Å². The van der Waals surface area contributed by atoms with E-state index in [1.165, 1.54) is 24.3 Å². The van der Waals surface area contributed by atoms with Gasteiger partial charge in [-0.1, -0.05) is 91.5 Å². The molecule has 0 aliphatic rings. The maximum absolute atomic E-state index is 13.6. The first-order valence-corrected chi connectivity index (χ1v) is 14.2. The predicted octanol–water partition coefficient (Wildman–Crippen LogP) is 9.10. The number of rotatable bonds is 8. The van der Waals surface area contributed by atoms with Gasteiger partial charge in [0.25, 0.3) is 0 Å². The summed E-state index contributed by atoms with van der Waals surface area (Å²) in [4.78, 5) is 22.3. The highest BCUT2D eigenvalue weighted by atomic mass is 79.9. The molecule has 208 valence electrons. The van der Waals surface area contributed by atoms with Crippen molar-refractivity contribution in [3.8, 4) is 0 Å². The number of carbonyl (C=O) groups excluding carboxylic acids is 1. The van der Waals surface area contributed by atoms with Crippen LogP contribution in [0.5, 0.6) is 0 Å². The van der Waals surface area contributed by atoms with Crippen molar-refractivity contribution in [2.24, 2.45) is 5.73 Å². The summed E-state index contributed by atoms with van der Waals surface area (Å²) >= 11 is 18.0. The van der Waals surface area contributed by atoms with Gasteiger partial charge >= 0.3 is 5.97 Å². The van der Waals surface area contributed by atoms with E-state index in [0.29, 0.717) is 11.1 Å². The molecule has 2 unspecified atom stereocenters. The predicted molar refractivity (Wildman–Crippen MR) is 161 cm³/mol. The molecule has 0 aromatic heterocycles. The van der Waals surface area contributed by atoms with Crippen LogP contribution in [0.4, 0.5) is 8.78 Å². The molecule has 4 rings (SSSR count). The fourth-order valence-corrected chi connectivity index (χ4v) is 4.84. The van der Waals surface area contributed by atoms with Crippen LogP contribution in [0.1, 0.15) is 46.9 Å². The van der Waals surface area contributed by atoms with Gasteiger partial charge in [-0.3, -0.25) is 9.59 Å². The molecule has 10 heteroatoms. The number of nitrogens with two attached hydrogens (primary N) is 1. The van der Waals surface area contributed by atoms with Crippen LogP contribution >= 0.6 is 55.1 Å². The summed E-state index contributed by atoms with van der Waals surface area (Å²) in [5.74, 6) is -3.12. The van der Waals surface area contributed by atoms with Gasteiger partial charge in [0.1, 0.15) is 11.6 Å². The molecule has 0 aliphatic heterocycles. The van der Waals surface area contributed by atoms with Gasteiger partial charge in [-0.25, -0.2) is 8.78 Å². The lowest BCUT2D eigenvalue weighted by atomic mass is 9.88. The summed E-state index contributed by atoms with van der Waals surface area (Å²) in [6, 6.07) is 23.7. The first-order chi connectivity index (χ1) is 18.9. The SMILES string of the molecule is NC(=O)CC(c1ccc(Br)cc1)c1ccc(Cl)c(F)c1.O=C(O)CC(c1ccc(Br)cc1)c1ccc(Cl)c(F)c1. The topological polar surface area (TPSA) is 80.4 Å². The number of amides is 1. The molecule has 2 atom stereocenters. The van der Waals surface area contributed by atoms with Gasteiger partial charge in [0.15, 0.2) is 0 Å². The Balaban J connectivity index is 0.000000220. The van der Waals surface area contributed by atoms with Crippen LogP contribution in [0.15, 0.2) is 93.9 Å². The Hall–Kier alpha value is -2.78. The minimum atomic E-state index is -0.937. The molecular formula is C30H23Br2Cl2F2NO3. The van der Waals surface area contributed by atoms with Crippen LogP contribution in [-0.2, 0) is 9.59 Å². The molecule has 40 heavy (non-hydrogen) atoms. The number of hydrogen-bond acceptors (Lipinski definition) is 2. The molecule has 0 radical (unpaired) electrons. The number of benzene rings is 4. The van der Waals surface area contributed by atoms with Crippen LogP contribution in [0.3, 0.4) is 0 Å². The van der Waals surface area contributed by atoms with Crippen molar-refractivity contribution in [3.63, 3.8) is 0 Å². The Labute approximate surface area is 257 Å². The van der Waals surface area contributed by atoms with E-state index in [0.717, 1.165) is 20.1 Å². The van der Waals surface area contributed by atoms with Crippen molar-refractivity contribution in [1.82, 2.24) is 0 Å². The van der Waals surface area contributed by atoms with E-state index in [4.69, 9.17) is 34.0 Å². The lowest BCUT2D eigenvalue weighted by molar-refractivity contribution is -0.137. The molecule has 0 aliphatic carbocycles. The maximum Gasteiger partial charge on any atom is 0.304 e. The molecular weight excluding hydrogens is 691 g/mol. The van der Waals surface area contributed by atoms with Gasteiger partial charge in [0.2, 0.25) is 5.91 Å². The zero-order valence-electron chi connectivity index (χ0n) is 20.8. The second kappa shape index (κ2) is 14.7. The van der Waals surface area contributed by atoms with Crippen molar-refractivity contribution < 1.29 is 23.5 Å². The van der Waals surface area contributed by atoms with Crippen LogP contribution in [0, 0.1) is 11.6 Å². The van der Waals surface area contributed by atoms with E-state index >= 15 is 0 Å². The smallest absolute Gasteiger partial charge is 0.304 e. The van der Waals surface area contributed by atoms with Gasteiger partial charge in [-0.15, -0.1) is 0 Å². The van der Waals surface area contributed by atoms with Gasteiger partial charge in [-0.05, 0) is 70.8 Å². The minimum Gasteiger partial charge on any atom is -0.481 e. The Kier molecular flexibility index (Phi) is 11.7. The fraction of sp³-hybridized carbons (Fsp3) is 0.133. The molecule has 4 aromatic rings. The number of halogens is 6. The molecule has 1 amide bonds. The van der Waals surface area contributed by atoms with Crippen LogP contribution in [-0.4, -0.2) is 17.0 Å². The first kappa shape index (κ1) is 31.7. The first-order valence-electron chi connectivity index (χ1n) is 11.9. The molecule has 0 fully saturated rings. The highest BCUT2D eigenvalue weighted by Gasteiger charge is 2.20. The van der Waals surface area contributed by atoms with Gasteiger partial charge < -0.3 is 10.8 Å². The Morgan fingerprint density at radius 1 is 0.675 bits per heavy atom. The number of aliphatic carboxylic acids is 1. The summed E-state index contributed by atoms with van der Waals surface area (Å²) in [5.41, 5.74) is 8.28. The van der Waals surface area contributed by atoms with Crippen molar-refractivity contribution in [2.45, 2.75) is 24.7 Å². The van der Waals surface area contributed by atoms with Crippen LogP contribution in [0.25, 0.3) is 0 Å². The maximum atomic E-state index is 13.6. The molecule has 0 saturated heterocycles. The molecule has 0 saturated carbocycles. The highest BCUT2D eigenvalue weighted by Crippen LogP contribution is 2.32. The summed E-state index contributed by atoms with van der Waals surface area (Å²) < 4.78 is 29.0. The third-order valence-corrected chi connectivity index (χ3v) is 7.69. The number of carboxylic acid groups (broad SMARTS) is 1. The Morgan fingerprint density at radius 2 is 1.02 bits per heavy atom. The molecule has 4 nitrogen and oxygen atoms in total. The summed E-state index contributed by atoms with van der Waals surface area (Å²) in [7, 11) is 0. The van der Waals surface area contributed by atoms with E-state index in [1.54, 1.807) is 12.1 Å². The Morgan fingerprint density at radius 3 is 1.35 bits per heavy atom. The van der Waals surface area contributed by atoms with E-state index in [-0.39, 0.29) is 28.8 Å². The number of carbonyl (C=O) groups is 2. The molecule has 4 aromatic carbocycles. The van der Waals surface area contributed by atoms with Gasteiger partial charge in [0, 0.05) is 27.2 Å². The van der Waals surface area contributed by atoms with Crippen LogP contribution < -0.4 is 5.73 Å². The molecule has 0 heterocycles. The number of hydrogen-bond donors (Lipinski definition) is 2. The van der Waals surface area contributed by atoms with E-state index in [1.807, 2.05) is 48.5 Å². The second-order valence-electron chi connectivity index (χ2n) is 8.82. The fourth-order valence-electron chi connectivity index (χ4n) is 4.08. The number of carboxylic acids is 1. The molecule has 0 bridgehead atoms. The zero-order valence-corrected chi connectivity index (χ0v) is 25.4. The van der Waals surface area contributed by atoms with E-state index in [2.05, 4.69) is 31.9 Å². The number of primary amides is 1. The average Bonchev–Trinajstić information content (AvgIpc) is 2.90. The Bertz CT molecular complexity index is 1370. The quantitative estimate of drug-likeness (QED) is 0.191. The largest absolute Gasteiger partial charge is 0.481 e. The highest BCUT2D eigenvalue weighted by molar-refractivity contribution is 9.10. The molecule has 3 N–H and O–H groups in total. The third kappa shape index (κ3) is 9.13. The minimum absolute atomic E-state index is 0.0265. The van der Waals surface area contributed by atoms with Crippen molar-refractivity contribution in [2.75, 3.05) is 0 Å². The zero-order chi connectivity index (χ0) is 29.4. The summed E-state index contributed by atoms with van der Waals surface area (Å²) in [6.07, 6.45) is 0.00537. The average molecular weight is 714 g/mol. The normalized spacial score (nSPS) is 12.2. The van der Waals surface area contributed by atoms with Crippen molar-refractivity contribution in [3.05, 3.63) is 138 Å². The lowest BCUT2D eigenvalue weighted by Gasteiger charge is -2.17. The van der Waals surface area contributed by atoms with Crippen LogP contribution in [0.2, 0.25) is 10.0 Å². The van der Waals surface area contributed by atoms with Gasteiger partial charge in [-0.2, -0.15) is 0 Å². The summed E-state index contributed by atoms with van der Waals surface area (Å²) in [5, 5.41) is 9.14. The van der Waals surface area contributed by atoms with Gasteiger partial charge in [0.05, 0.1) is 16.5 Å². The standard InChI is InChI=1S/C15H12BrClFNO.C15H11BrClFO2/c2*16-11-4-1-9(2-5-11)12(8-15(19)20)10-3-6-13(17)14(18)7-10/h1-7,12H,8H2,(H2,19,20);1-7,12H,8H2,(H,19,20). The third-order valence-electron chi connectivity index (χ3n) is 6.02. The van der Waals surface area contributed by atoms with Crippen molar-refractivity contribution >= 4 is 66.9 Å². The summed E-state index contributed by atoms with van der Waals surface area (Å²) in [6.45, 7) is 0. The monoisotopic (exact) mass is 711 g/mol. The van der Waals surface area contributed by atoms with E-state index < -0.39 is 29.4 Å². The lowest BCUT2D eigenvalue weighted by Crippen LogP contribution is -2.16. The van der Waals surface area contributed by atoms with E-state index in [9.17, 15) is 18.4 Å².